The van der Waals surface area contributed by atoms with Crippen LogP contribution in [0.5, 0.6) is 0 Å². The van der Waals surface area contributed by atoms with E-state index < -0.39 is 0 Å². The molecule has 0 saturated carbocycles. The van der Waals surface area contributed by atoms with Crippen molar-refractivity contribution in [3.63, 3.8) is 0 Å². The molecule has 0 spiro atoms. The van der Waals surface area contributed by atoms with Crippen molar-refractivity contribution in [1.29, 1.82) is 0 Å². The largest absolute Gasteiger partial charge is 0.475 e. The zero-order chi connectivity index (χ0) is 16.2. The van der Waals surface area contributed by atoms with Crippen LogP contribution >= 0.6 is 15.9 Å². The van der Waals surface area contributed by atoms with Crippen LogP contribution in [0.1, 0.15) is 21.6 Å². The SMILES string of the molecule is Cc1ncccc1C(=O)OC[C@H]1COC(c2ccc(Br)cc2)=N1. The Morgan fingerprint density at radius 2 is 2.13 bits per heavy atom. The Kier molecular flexibility index (Phi) is 4.71. The Hall–Kier alpha value is -2.21. The van der Waals surface area contributed by atoms with Gasteiger partial charge in [0.1, 0.15) is 19.3 Å². The van der Waals surface area contributed by atoms with Gasteiger partial charge in [-0.3, -0.25) is 4.98 Å². The molecule has 1 aromatic heterocycles. The van der Waals surface area contributed by atoms with E-state index in [1.807, 2.05) is 24.3 Å². The molecule has 1 aromatic carbocycles. The Bertz CT molecular complexity index is 744. The molecule has 0 radical (unpaired) electrons. The minimum absolute atomic E-state index is 0.186. The molecule has 118 valence electrons. The van der Waals surface area contributed by atoms with Gasteiger partial charge in [0.2, 0.25) is 5.90 Å². The first-order chi connectivity index (χ1) is 11.1. The molecule has 0 unspecified atom stereocenters. The predicted octanol–water partition coefficient (Wildman–Crippen LogP) is 3.15. The van der Waals surface area contributed by atoms with Gasteiger partial charge in [0.15, 0.2) is 0 Å². The molecule has 0 amide bonds. The van der Waals surface area contributed by atoms with Gasteiger partial charge in [-0.25, -0.2) is 9.79 Å². The van der Waals surface area contributed by atoms with Gasteiger partial charge < -0.3 is 9.47 Å². The number of aliphatic imine (C=N–C) groups is 1. The van der Waals surface area contributed by atoms with Gasteiger partial charge in [0, 0.05) is 16.2 Å². The van der Waals surface area contributed by atoms with Gasteiger partial charge in [0.05, 0.1) is 11.3 Å². The highest BCUT2D eigenvalue weighted by Gasteiger charge is 2.22. The summed E-state index contributed by atoms with van der Waals surface area (Å²) >= 11 is 3.39. The summed E-state index contributed by atoms with van der Waals surface area (Å²) in [6, 6.07) is 10.9. The van der Waals surface area contributed by atoms with E-state index in [9.17, 15) is 4.79 Å². The number of esters is 1. The fourth-order valence-electron chi connectivity index (χ4n) is 2.20. The van der Waals surface area contributed by atoms with Crippen molar-refractivity contribution in [2.24, 2.45) is 4.99 Å². The third kappa shape index (κ3) is 3.76. The zero-order valence-corrected chi connectivity index (χ0v) is 14.1. The average molecular weight is 375 g/mol. The molecule has 6 heteroatoms. The van der Waals surface area contributed by atoms with E-state index in [1.54, 1.807) is 25.3 Å². The van der Waals surface area contributed by atoms with Crippen molar-refractivity contribution in [2.45, 2.75) is 13.0 Å². The van der Waals surface area contributed by atoms with E-state index >= 15 is 0 Å². The van der Waals surface area contributed by atoms with Crippen LogP contribution in [0, 0.1) is 6.92 Å². The third-order valence-electron chi connectivity index (χ3n) is 3.44. The number of aryl methyl sites for hydroxylation is 1. The van der Waals surface area contributed by atoms with E-state index in [-0.39, 0.29) is 18.6 Å². The number of hydrogen-bond acceptors (Lipinski definition) is 5. The van der Waals surface area contributed by atoms with Crippen LogP contribution in [0.2, 0.25) is 0 Å². The van der Waals surface area contributed by atoms with Gasteiger partial charge in [-0.2, -0.15) is 0 Å². The highest BCUT2D eigenvalue weighted by Crippen LogP contribution is 2.16. The number of aromatic nitrogens is 1. The topological polar surface area (TPSA) is 60.8 Å². The number of nitrogens with zero attached hydrogens (tertiary/aromatic N) is 2. The lowest BCUT2D eigenvalue weighted by atomic mass is 10.2. The zero-order valence-electron chi connectivity index (χ0n) is 12.5. The molecule has 1 aliphatic heterocycles. The van der Waals surface area contributed by atoms with Crippen LogP contribution in [0.15, 0.2) is 52.1 Å². The molecule has 0 bridgehead atoms. The molecule has 0 aliphatic carbocycles. The summed E-state index contributed by atoms with van der Waals surface area (Å²) in [5.41, 5.74) is 2.04. The van der Waals surface area contributed by atoms with E-state index in [1.165, 1.54) is 0 Å². The first-order valence-electron chi connectivity index (χ1n) is 7.19. The van der Waals surface area contributed by atoms with E-state index in [4.69, 9.17) is 9.47 Å². The minimum atomic E-state index is -0.386. The Morgan fingerprint density at radius 3 is 2.87 bits per heavy atom. The summed E-state index contributed by atoms with van der Waals surface area (Å²) in [5.74, 6) is 0.194. The lowest BCUT2D eigenvalue weighted by molar-refractivity contribution is 0.0470. The molecule has 0 fully saturated rings. The van der Waals surface area contributed by atoms with Crippen LogP contribution in [0.3, 0.4) is 0 Å². The Labute approximate surface area is 142 Å². The fraction of sp³-hybridized carbons (Fsp3) is 0.235. The van der Waals surface area contributed by atoms with Crippen LogP contribution in [-0.2, 0) is 9.47 Å². The van der Waals surface area contributed by atoms with Crippen molar-refractivity contribution in [3.8, 4) is 0 Å². The lowest BCUT2D eigenvalue weighted by Crippen LogP contribution is -2.19. The molecule has 3 rings (SSSR count). The van der Waals surface area contributed by atoms with Crippen LogP contribution in [-0.4, -0.2) is 36.1 Å². The molecule has 2 heterocycles. The first kappa shape index (κ1) is 15.7. The summed E-state index contributed by atoms with van der Waals surface area (Å²) in [7, 11) is 0. The maximum atomic E-state index is 12.1. The normalized spacial score (nSPS) is 16.6. The predicted molar refractivity (Wildman–Crippen MR) is 89.7 cm³/mol. The fourth-order valence-corrected chi connectivity index (χ4v) is 2.47. The minimum Gasteiger partial charge on any atom is -0.475 e. The number of hydrogen-bond donors (Lipinski definition) is 0. The van der Waals surface area contributed by atoms with E-state index in [2.05, 4.69) is 25.9 Å². The molecule has 0 saturated heterocycles. The van der Waals surface area contributed by atoms with E-state index in [0.29, 0.717) is 23.8 Å². The summed E-state index contributed by atoms with van der Waals surface area (Å²) in [6.45, 7) is 2.37. The van der Waals surface area contributed by atoms with Crippen LogP contribution in [0.4, 0.5) is 0 Å². The van der Waals surface area contributed by atoms with Gasteiger partial charge in [-0.1, -0.05) is 15.9 Å². The summed E-state index contributed by atoms with van der Waals surface area (Å²) < 4.78 is 11.9. The van der Waals surface area contributed by atoms with Gasteiger partial charge in [-0.15, -0.1) is 0 Å². The Balaban J connectivity index is 1.60. The highest BCUT2D eigenvalue weighted by molar-refractivity contribution is 9.10. The maximum Gasteiger partial charge on any atom is 0.340 e. The van der Waals surface area contributed by atoms with Gasteiger partial charge in [-0.05, 0) is 43.3 Å². The highest BCUT2D eigenvalue weighted by atomic mass is 79.9. The second-order valence-corrected chi connectivity index (χ2v) is 6.06. The lowest BCUT2D eigenvalue weighted by Gasteiger charge is -2.08. The smallest absolute Gasteiger partial charge is 0.340 e. The number of rotatable bonds is 4. The quantitative estimate of drug-likeness (QED) is 0.771. The van der Waals surface area contributed by atoms with Crippen LogP contribution < -0.4 is 0 Å². The summed E-state index contributed by atoms with van der Waals surface area (Å²) in [5, 5.41) is 0. The monoisotopic (exact) mass is 374 g/mol. The summed E-state index contributed by atoms with van der Waals surface area (Å²) in [6.07, 6.45) is 1.64. The standard InChI is InChI=1S/C17H15BrN2O3/c1-11-15(3-2-8-19-11)17(21)23-10-14-9-22-16(20-14)12-4-6-13(18)7-5-12/h2-8,14H,9-10H2,1H3/t14-/m1/s1. The third-order valence-corrected chi connectivity index (χ3v) is 3.97. The van der Waals surface area contributed by atoms with Crippen molar-refractivity contribution in [1.82, 2.24) is 4.98 Å². The second kappa shape index (κ2) is 6.91. The number of ether oxygens (including phenoxy) is 2. The van der Waals surface area contributed by atoms with Crippen molar-refractivity contribution >= 4 is 27.8 Å². The van der Waals surface area contributed by atoms with E-state index in [0.717, 1.165) is 10.0 Å². The summed E-state index contributed by atoms with van der Waals surface area (Å²) in [4.78, 5) is 20.6. The van der Waals surface area contributed by atoms with Crippen molar-refractivity contribution < 1.29 is 14.3 Å². The second-order valence-electron chi connectivity index (χ2n) is 5.14. The van der Waals surface area contributed by atoms with Crippen molar-refractivity contribution in [2.75, 3.05) is 13.2 Å². The molecule has 0 N–H and O–H groups in total. The number of halogens is 1. The number of carbonyl (C=O) groups excluding carboxylic acids is 1. The molecule has 5 nitrogen and oxygen atoms in total. The number of pyridine rings is 1. The Morgan fingerprint density at radius 1 is 1.35 bits per heavy atom. The van der Waals surface area contributed by atoms with Crippen LogP contribution in [0.25, 0.3) is 0 Å². The van der Waals surface area contributed by atoms with Gasteiger partial charge >= 0.3 is 5.97 Å². The number of benzene rings is 1. The molecule has 1 atom stereocenters. The molecular weight excluding hydrogens is 360 g/mol. The number of carbonyl (C=O) groups is 1. The first-order valence-corrected chi connectivity index (χ1v) is 7.98. The average Bonchev–Trinajstić information content (AvgIpc) is 3.03. The van der Waals surface area contributed by atoms with Gasteiger partial charge in [0.25, 0.3) is 0 Å². The molecule has 2 aromatic rings. The molecule has 23 heavy (non-hydrogen) atoms. The van der Waals surface area contributed by atoms with Crippen molar-refractivity contribution in [3.05, 3.63) is 63.9 Å². The molecular formula is C17H15BrN2O3. The maximum absolute atomic E-state index is 12.1. The molecule has 1 aliphatic rings.